The number of thioether (sulfide) groups is 2. The Morgan fingerprint density at radius 1 is 0.660 bits per heavy atom. The van der Waals surface area contributed by atoms with Gasteiger partial charge in [-0.05, 0) is 85.3 Å². The Morgan fingerprint density at radius 2 is 1.02 bits per heavy atom. The minimum Gasteiger partial charge on any atom is -0.489 e. The van der Waals surface area contributed by atoms with Gasteiger partial charge in [0, 0.05) is 36.7 Å². The molecule has 0 spiro atoms. The van der Waals surface area contributed by atoms with Crippen LogP contribution in [0.5, 0.6) is 11.5 Å². The summed E-state index contributed by atoms with van der Waals surface area (Å²) in [5.74, 6) is 0.241. The number of aryl methyl sites for hydroxylation is 4. The summed E-state index contributed by atoms with van der Waals surface area (Å²) in [6, 6.07) is 7.96. The Morgan fingerprint density at radius 3 is 1.32 bits per heavy atom. The van der Waals surface area contributed by atoms with Crippen molar-refractivity contribution in [2.24, 2.45) is 9.98 Å². The van der Waals surface area contributed by atoms with Gasteiger partial charge >= 0.3 is 23.9 Å². The third kappa shape index (κ3) is 10.7. The van der Waals surface area contributed by atoms with Crippen LogP contribution in [0, 0.1) is 27.7 Å². The molecule has 4 rings (SSSR count). The van der Waals surface area contributed by atoms with E-state index < -0.39 is 36.1 Å². The van der Waals surface area contributed by atoms with E-state index in [1.807, 2.05) is 52.0 Å². The minimum atomic E-state index is -0.861. The molecule has 0 aliphatic carbocycles. The molecule has 0 radical (unpaired) electrons. The predicted molar refractivity (Wildman–Crippen MR) is 193 cm³/mol. The van der Waals surface area contributed by atoms with Crippen LogP contribution in [-0.2, 0) is 38.1 Å². The molecule has 0 N–H and O–H groups in total. The van der Waals surface area contributed by atoms with Crippen LogP contribution >= 0.6 is 23.5 Å². The Bertz CT molecular complexity index is 1530. The van der Waals surface area contributed by atoms with Crippen molar-refractivity contribution >= 4 is 57.5 Å². The van der Waals surface area contributed by atoms with Gasteiger partial charge in [-0.3, -0.25) is 9.98 Å². The van der Waals surface area contributed by atoms with Crippen LogP contribution in [0.2, 0.25) is 0 Å². The average molecular weight is 725 g/mol. The topological polar surface area (TPSA) is 148 Å². The Balaban J connectivity index is 1.42. The molecule has 0 amide bonds. The minimum absolute atomic E-state index is 0.0478. The van der Waals surface area contributed by atoms with Crippen molar-refractivity contribution in [2.45, 2.75) is 39.9 Å². The van der Waals surface area contributed by atoms with Crippen LogP contribution in [0.15, 0.2) is 59.6 Å². The van der Waals surface area contributed by atoms with Crippen molar-refractivity contribution in [1.82, 2.24) is 0 Å². The number of rotatable bonds is 17. The maximum atomic E-state index is 12.3. The van der Waals surface area contributed by atoms with Gasteiger partial charge in [-0.15, -0.1) is 0 Å². The standard InChI is InChI=1S/C36H40N2O10S2/c1-7-29(39)47-27(19-45-35(41)33-37-9-11-49-33)17-43-31-21(3)13-25(14-22(31)4)26-15-23(5)32(24(6)16-26)44-18-28(48-30(40)8-2)20-46-36(42)34-38-10-12-50-34/h7-8,13-16,27-28H,1-2,9-12,17-20H2,3-6H3. The second-order valence-electron chi connectivity index (χ2n) is 11.3. The van der Waals surface area contributed by atoms with Crippen LogP contribution < -0.4 is 9.47 Å². The second kappa shape index (κ2) is 18.4. The van der Waals surface area contributed by atoms with Crippen LogP contribution in [0.25, 0.3) is 11.1 Å². The lowest BCUT2D eigenvalue weighted by Crippen LogP contribution is -2.31. The Kier molecular flexibility index (Phi) is 14.1. The van der Waals surface area contributed by atoms with Gasteiger partial charge in [-0.25, -0.2) is 19.2 Å². The molecule has 0 saturated carbocycles. The molecular formula is C36H40N2O10S2. The summed E-state index contributed by atoms with van der Waals surface area (Å²) >= 11 is 2.65. The summed E-state index contributed by atoms with van der Waals surface area (Å²) in [5.41, 5.74) is 5.29. The molecule has 2 aliphatic heterocycles. The maximum absolute atomic E-state index is 12.3. The summed E-state index contributed by atoms with van der Waals surface area (Å²) in [4.78, 5) is 56.8. The predicted octanol–water partition coefficient (Wildman–Crippen LogP) is 4.92. The van der Waals surface area contributed by atoms with Gasteiger partial charge in [0.25, 0.3) is 0 Å². The van der Waals surface area contributed by atoms with E-state index in [9.17, 15) is 19.2 Å². The van der Waals surface area contributed by atoms with Crippen molar-refractivity contribution in [2.75, 3.05) is 51.0 Å². The van der Waals surface area contributed by atoms with Crippen LogP contribution in [0.3, 0.4) is 0 Å². The molecule has 2 heterocycles. The van der Waals surface area contributed by atoms with E-state index >= 15 is 0 Å². The molecular weight excluding hydrogens is 685 g/mol. The van der Waals surface area contributed by atoms with Crippen molar-refractivity contribution in [3.8, 4) is 22.6 Å². The number of esters is 4. The highest BCUT2D eigenvalue weighted by atomic mass is 32.2. The first kappa shape index (κ1) is 38.2. The van der Waals surface area contributed by atoms with Crippen LogP contribution in [0.4, 0.5) is 0 Å². The fourth-order valence-corrected chi connectivity index (χ4v) is 6.55. The molecule has 2 aromatic rings. The third-order valence-corrected chi connectivity index (χ3v) is 9.21. The smallest absolute Gasteiger partial charge is 0.363 e. The Hall–Kier alpha value is -4.56. The fourth-order valence-electron chi connectivity index (χ4n) is 5.08. The number of ether oxygens (including phenoxy) is 6. The van der Waals surface area contributed by atoms with Crippen LogP contribution in [0.1, 0.15) is 22.3 Å². The number of hydrogen-bond acceptors (Lipinski definition) is 14. The molecule has 14 heteroatoms. The average Bonchev–Trinajstić information content (AvgIpc) is 3.84. The number of hydrogen-bond donors (Lipinski definition) is 0. The van der Waals surface area contributed by atoms with E-state index in [-0.39, 0.29) is 26.4 Å². The zero-order valence-corrected chi connectivity index (χ0v) is 30.1. The van der Waals surface area contributed by atoms with E-state index in [4.69, 9.17) is 28.4 Å². The molecule has 2 aromatic carbocycles. The molecule has 2 aliphatic rings. The Labute approximate surface area is 299 Å². The summed E-state index contributed by atoms with van der Waals surface area (Å²) in [5, 5.41) is 0.607. The van der Waals surface area contributed by atoms with Gasteiger partial charge in [-0.1, -0.05) is 36.7 Å². The molecule has 0 aromatic heterocycles. The molecule has 0 saturated heterocycles. The van der Waals surface area contributed by atoms with Gasteiger partial charge in [0.15, 0.2) is 22.3 Å². The van der Waals surface area contributed by atoms with Crippen molar-refractivity contribution in [3.63, 3.8) is 0 Å². The summed E-state index contributed by atoms with van der Waals surface area (Å²) in [6.45, 7) is 15.2. The molecule has 0 bridgehead atoms. The van der Waals surface area contributed by atoms with E-state index in [0.29, 0.717) is 34.7 Å². The van der Waals surface area contributed by atoms with Crippen molar-refractivity contribution < 1.29 is 47.6 Å². The van der Waals surface area contributed by atoms with Gasteiger partial charge in [0.05, 0.1) is 0 Å². The van der Waals surface area contributed by atoms with Crippen LogP contribution in [-0.4, -0.2) is 97.2 Å². The third-order valence-electron chi connectivity index (χ3n) is 7.30. The zero-order chi connectivity index (χ0) is 36.2. The molecule has 2 unspecified atom stereocenters. The highest BCUT2D eigenvalue weighted by Gasteiger charge is 2.24. The van der Waals surface area contributed by atoms with E-state index in [1.54, 1.807) is 0 Å². The molecule has 2 atom stereocenters. The summed E-state index contributed by atoms with van der Waals surface area (Å²) in [6.07, 6.45) is 0.356. The fraction of sp³-hybridized carbons (Fsp3) is 0.389. The molecule has 12 nitrogen and oxygen atoms in total. The zero-order valence-electron chi connectivity index (χ0n) is 28.5. The molecule has 50 heavy (non-hydrogen) atoms. The first-order valence-electron chi connectivity index (χ1n) is 15.8. The first-order chi connectivity index (χ1) is 24.0. The van der Waals surface area contributed by atoms with Crippen molar-refractivity contribution in [3.05, 3.63) is 71.8 Å². The normalized spacial score (nSPS) is 14.8. The van der Waals surface area contributed by atoms with Gasteiger partial charge in [0.1, 0.15) is 37.9 Å². The van der Waals surface area contributed by atoms with E-state index in [0.717, 1.165) is 57.0 Å². The quantitative estimate of drug-likeness (QED) is 0.124. The van der Waals surface area contributed by atoms with Gasteiger partial charge in [-0.2, -0.15) is 0 Å². The summed E-state index contributed by atoms with van der Waals surface area (Å²) in [7, 11) is 0. The second-order valence-corrected chi connectivity index (χ2v) is 13.5. The maximum Gasteiger partial charge on any atom is 0.363 e. The van der Waals surface area contributed by atoms with E-state index in [1.165, 1.54) is 23.5 Å². The lowest BCUT2D eigenvalue weighted by Gasteiger charge is -2.21. The van der Waals surface area contributed by atoms with E-state index in [2.05, 4.69) is 23.1 Å². The van der Waals surface area contributed by atoms with Gasteiger partial charge < -0.3 is 28.4 Å². The van der Waals surface area contributed by atoms with Crippen molar-refractivity contribution in [1.29, 1.82) is 0 Å². The molecule has 0 fully saturated rings. The number of carbonyl (C=O) groups is 4. The van der Waals surface area contributed by atoms with Gasteiger partial charge in [0.2, 0.25) is 0 Å². The monoisotopic (exact) mass is 724 g/mol. The largest absolute Gasteiger partial charge is 0.489 e. The number of carbonyl (C=O) groups excluding carboxylic acids is 4. The lowest BCUT2D eigenvalue weighted by atomic mass is 9.96. The number of aliphatic imine (C=N–C) groups is 2. The first-order valence-corrected chi connectivity index (χ1v) is 17.8. The SMILES string of the molecule is C=CC(=O)OC(COC(=O)C1=NCCS1)COc1c(C)cc(-c2cc(C)c(OCC(COC(=O)C3=NCCS3)OC(=O)C=C)c(C)c2)cc1C. The highest BCUT2D eigenvalue weighted by Crippen LogP contribution is 2.34. The summed E-state index contributed by atoms with van der Waals surface area (Å²) < 4.78 is 33.6. The lowest BCUT2D eigenvalue weighted by molar-refractivity contribution is -0.153. The number of benzene rings is 2. The highest BCUT2D eigenvalue weighted by molar-refractivity contribution is 8.16. The number of nitrogens with zero attached hydrogens (tertiary/aromatic N) is 2. The molecule has 266 valence electrons.